The molecule has 3 rings (SSSR count). The zero-order chi connectivity index (χ0) is 16.2. The lowest BCUT2D eigenvalue weighted by Gasteiger charge is -2.21. The van der Waals surface area contributed by atoms with Crippen molar-refractivity contribution in [3.05, 3.63) is 22.9 Å². The fourth-order valence-corrected chi connectivity index (χ4v) is 3.21. The summed E-state index contributed by atoms with van der Waals surface area (Å²) in [4.78, 5) is 28.8. The highest BCUT2D eigenvalue weighted by molar-refractivity contribution is 5.77. The molecular weight excluding hydrogens is 294 g/mol. The van der Waals surface area contributed by atoms with Crippen LogP contribution < -0.4 is 10.9 Å². The van der Waals surface area contributed by atoms with E-state index < -0.39 is 0 Å². The fourth-order valence-electron chi connectivity index (χ4n) is 3.21. The van der Waals surface area contributed by atoms with Crippen LogP contribution in [-0.4, -0.2) is 31.3 Å². The smallest absolute Gasteiger partial charge is 0.264 e. The van der Waals surface area contributed by atoms with E-state index in [1.165, 1.54) is 36.4 Å². The number of nitrogens with zero attached hydrogens (tertiary/aromatic N) is 4. The monoisotopic (exact) mass is 317 g/mol. The van der Waals surface area contributed by atoms with Gasteiger partial charge in [0.25, 0.3) is 5.56 Å². The minimum absolute atomic E-state index is 0.00711. The normalized spacial score (nSPS) is 16.9. The van der Waals surface area contributed by atoms with Crippen molar-refractivity contribution in [3.8, 4) is 0 Å². The lowest BCUT2D eigenvalue weighted by molar-refractivity contribution is -0.122. The molecule has 0 bridgehead atoms. The van der Waals surface area contributed by atoms with E-state index >= 15 is 0 Å². The van der Waals surface area contributed by atoms with Crippen molar-refractivity contribution in [2.75, 3.05) is 0 Å². The predicted octanol–water partition coefficient (Wildman–Crippen LogP) is 1.36. The summed E-state index contributed by atoms with van der Waals surface area (Å²) in [7, 11) is 1.74. The Morgan fingerprint density at radius 3 is 2.70 bits per heavy atom. The van der Waals surface area contributed by atoms with Gasteiger partial charge in [-0.05, 0) is 12.8 Å². The van der Waals surface area contributed by atoms with E-state index in [2.05, 4.69) is 15.4 Å². The highest BCUT2D eigenvalue weighted by Crippen LogP contribution is 2.17. The summed E-state index contributed by atoms with van der Waals surface area (Å²) in [5, 5.41) is 7.54. The number of hydrogen-bond donors (Lipinski definition) is 1. The van der Waals surface area contributed by atoms with Crippen molar-refractivity contribution in [1.29, 1.82) is 0 Å². The first-order valence-electron chi connectivity index (χ1n) is 8.31. The lowest BCUT2D eigenvalue weighted by atomic mass is 9.97. The number of carbonyl (C=O) groups excluding carboxylic acids is 1. The molecule has 1 N–H and O–H groups in total. The van der Waals surface area contributed by atoms with Gasteiger partial charge in [-0.1, -0.05) is 32.1 Å². The van der Waals surface area contributed by atoms with Gasteiger partial charge in [0.15, 0.2) is 5.65 Å². The third-order valence-corrected chi connectivity index (χ3v) is 4.50. The average molecular weight is 317 g/mol. The molecule has 124 valence electrons. The Balaban J connectivity index is 1.67. The van der Waals surface area contributed by atoms with Gasteiger partial charge >= 0.3 is 0 Å². The quantitative estimate of drug-likeness (QED) is 0.926. The van der Waals surface area contributed by atoms with Gasteiger partial charge < -0.3 is 5.32 Å². The predicted molar refractivity (Wildman–Crippen MR) is 87.0 cm³/mol. The Bertz CT molecular complexity index is 740. The highest BCUT2D eigenvalue weighted by Gasteiger charge is 2.15. The van der Waals surface area contributed by atoms with E-state index in [4.69, 9.17) is 0 Å². The van der Waals surface area contributed by atoms with Crippen LogP contribution in [0.5, 0.6) is 0 Å². The van der Waals surface area contributed by atoms with Gasteiger partial charge in [0.2, 0.25) is 5.91 Å². The summed E-state index contributed by atoms with van der Waals surface area (Å²) in [6.45, 7) is 0.00711. The first kappa shape index (κ1) is 15.7. The van der Waals surface area contributed by atoms with Gasteiger partial charge in [0.1, 0.15) is 18.3 Å². The number of carbonyl (C=O) groups is 1. The molecule has 7 heteroatoms. The third-order valence-electron chi connectivity index (χ3n) is 4.50. The van der Waals surface area contributed by atoms with Crippen LogP contribution in [0.4, 0.5) is 0 Å². The van der Waals surface area contributed by atoms with Crippen molar-refractivity contribution < 1.29 is 4.79 Å². The Hall–Kier alpha value is -2.18. The minimum atomic E-state index is -0.226. The van der Waals surface area contributed by atoms with Crippen molar-refractivity contribution in [2.45, 2.75) is 57.5 Å². The van der Waals surface area contributed by atoms with Crippen LogP contribution in [0.2, 0.25) is 0 Å². The van der Waals surface area contributed by atoms with Crippen LogP contribution in [0, 0.1) is 0 Å². The second-order valence-corrected chi connectivity index (χ2v) is 6.29. The lowest BCUT2D eigenvalue weighted by Crippen LogP contribution is -2.39. The van der Waals surface area contributed by atoms with Crippen LogP contribution in [0.25, 0.3) is 11.0 Å². The number of aromatic nitrogens is 4. The molecule has 1 saturated carbocycles. The molecule has 2 heterocycles. The summed E-state index contributed by atoms with van der Waals surface area (Å²) in [5.74, 6) is -0.122. The average Bonchev–Trinajstić information content (AvgIpc) is 2.87. The summed E-state index contributed by atoms with van der Waals surface area (Å²) in [5.41, 5.74) is 0.308. The molecule has 7 nitrogen and oxygen atoms in total. The molecule has 1 fully saturated rings. The SMILES string of the molecule is Cn1ncc2c(=O)n(CC(=O)NC3CCCCCCC3)cnc21. The molecular formula is C16H23N5O2. The molecule has 0 atom stereocenters. The molecule has 1 aliphatic rings. The topological polar surface area (TPSA) is 81.8 Å². The third kappa shape index (κ3) is 3.60. The van der Waals surface area contributed by atoms with E-state index in [1.54, 1.807) is 11.7 Å². The van der Waals surface area contributed by atoms with Gasteiger partial charge in [0, 0.05) is 13.1 Å². The molecule has 23 heavy (non-hydrogen) atoms. The Morgan fingerprint density at radius 2 is 1.96 bits per heavy atom. The maximum absolute atomic E-state index is 12.4. The molecule has 2 aromatic rings. The Labute approximate surface area is 134 Å². The van der Waals surface area contributed by atoms with Crippen molar-refractivity contribution in [3.63, 3.8) is 0 Å². The Kier molecular flexibility index (Phi) is 4.73. The van der Waals surface area contributed by atoms with Gasteiger partial charge in [-0.25, -0.2) is 4.98 Å². The largest absolute Gasteiger partial charge is 0.352 e. The highest BCUT2D eigenvalue weighted by atomic mass is 16.2. The summed E-state index contributed by atoms with van der Waals surface area (Å²) < 4.78 is 2.90. The molecule has 0 unspecified atom stereocenters. The second-order valence-electron chi connectivity index (χ2n) is 6.29. The molecule has 2 aromatic heterocycles. The van der Waals surface area contributed by atoms with Crippen molar-refractivity contribution in [2.24, 2.45) is 7.05 Å². The maximum atomic E-state index is 12.4. The second kappa shape index (κ2) is 6.93. The van der Waals surface area contributed by atoms with Crippen molar-refractivity contribution in [1.82, 2.24) is 24.6 Å². The van der Waals surface area contributed by atoms with Crippen LogP contribution in [0.1, 0.15) is 44.9 Å². The van der Waals surface area contributed by atoms with Crippen molar-refractivity contribution >= 4 is 16.9 Å². The van der Waals surface area contributed by atoms with Crippen LogP contribution >= 0.6 is 0 Å². The van der Waals surface area contributed by atoms with Gasteiger partial charge in [-0.15, -0.1) is 0 Å². The van der Waals surface area contributed by atoms with Crippen LogP contribution in [0.15, 0.2) is 17.3 Å². The summed E-state index contributed by atoms with van der Waals surface area (Å²) in [6.07, 6.45) is 11.1. The van der Waals surface area contributed by atoms with E-state index in [9.17, 15) is 9.59 Å². The number of fused-ring (bicyclic) bond motifs is 1. The number of amides is 1. The first-order valence-corrected chi connectivity index (χ1v) is 8.31. The minimum Gasteiger partial charge on any atom is -0.352 e. The molecule has 1 aliphatic carbocycles. The molecule has 0 spiro atoms. The van der Waals surface area contributed by atoms with Gasteiger partial charge in [0.05, 0.1) is 6.20 Å². The Morgan fingerprint density at radius 1 is 1.26 bits per heavy atom. The maximum Gasteiger partial charge on any atom is 0.264 e. The number of aryl methyl sites for hydroxylation is 1. The number of nitrogens with one attached hydrogen (secondary N) is 1. The number of hydrogen-bond acceptors (Lipinski definition) is 4. The molecule has 1 amide bonds. The van der Waals surface area contributed by atoms with Gasteiger partial charge in [-0.2, -0.15) is 5.10 Å². The first-order chi connectivity index (χ1) is 11.1. The fraction of sp³-hybridized carbons (Fsp3) is 0.625. The van der Waals surface area contributed by atoms with Crippen LogP contribution in [0.3, 0.4) is 0 Å². The number of rotatable bonds is 3. The van der Waals surface area contributed by atoms with Gasteiger partial charge in [-0.3, -0.25) is 18.8 Å². The molecule has 0 aliphatic heterocycles. The molecule has 0 radical (unpaired) electrons. The zero-order valence-corrected chi connectivity index (χ0v) is 13.5. The van der Waals surface area contributed by atoms with E-state index in [-0.39, 0.29) is 24.1 Å². The van der Waals surface area contributed by atoms with E-state index in [0.717, 1.165) is 25.7 Å². The van der Waals surface area contributed by atoms with Crippen LogP contribution in [-0.2, 0) is 18.4 Å². The zero-order valence-electron chi connectivity index (χ0n) is 13.5. The van der Waals surface area contributed by atoms with E-state index in [1.807, 2.05) is 0 Å². The van der Waals surface area contributed by atoms with E-state index in [0.29, 0.717) is 11.0 Å². The summed E-state index contributed by atoms with van der Waals surface area (Å²) in [6, 6.07) is 0.230. The molecule has 0 aromatic carbocycles. The summed E-state index contributed by atoms with van der Waals surface area (Å²) >= 11 is 0. The molecule has 0 saturated heterocycles. The standard InChI is InChI=1S/C16H23N5O2/c1-20-15-13(9-18-20)16(23)21(11-17-15)10-14(22)19-12-7-5-3-2-4-6-8-12/h9,11-12H,2-8,10H2,1H3,(H,19,22).